The van der Waals surface area contributed by atoms with Gasteiger partial charge in [-0.2, -0.15) is 0 Å². The molecule has 1 heterocycles. The van der Waals surface area contributed by atoms with E-state index in [1.807, 2.05) is 0 Å². The Morgan fingerprint density at radius 2 is 1.96 bits per heavy atom. The fraction of sp³-hybridized carbons (Fsp3) is 0.438. The predicted molar refractivity (Wildman–Crippen MR) is 84.3 cm³/mol. The third kappa shape index (κ3) is 3.17. The summed E-state index contributed by atoms with van der Waals surface area (Å²) in [6.45, 7) is -0.808. The number of rotatable bonds is 5. The van der Waals surface area contributed by atoms with Crippen LogP contribution in [-0.4, -0.2) is 39.8 Å². The molecule has 1 spiro atoms. The van der Waals surface area contributed by atoms with Crippen molar-refractivity contribution in [1.29, 1.82) is 0 Å². The van der Waals surface area contributed by atoms with Crippen LogP contribution in [0.1, 0.15) is 31.2 Å². The highest BCUT2D eigenvalue weighted by Crippen LogP contribution is 2.34. The van der Waals surface area contributed by atoms with Crippen LogP contribution < -0.4 is 5.32 Å². The van der Waals surface area contributed by atoms with E-state index < -0.39 is 34.9 Å². The molecule has 2 fully saturated rings. The van der Waals surface area contributed by atoms with Gasteiger partial charge >= 0.3 is 12.0 Å². The van der Waals surface area contributed by atoms with E-state index in [4.69, 9.17) is 4.74 Å². The van der Waals surface area contributed by atoms with Gasteiger partial charge in [0.05, 0.1) is 10.5 Å². The van der Waals surface area contributed by atoms with Crippen molar-refractivity contribution in [2.45, 2.75) is 37.8 Å². The molecule has 0 aromatic heterocycles. The van der Waals surface area contributed by atoms with Gasteiger partial charge in [-0.3, -0.25) is 24.6 Å². The normalized spacial score (nSPS) is 18.5. The number of urea groups is 1. The first-order chi connectivity index (χ1) is 11.9. The summed E-state index contributed by atoms with van der Waals surface area (Å²) in [6, 6.07) is 5.29. The highest BCUT2D eigenvalue weighted by Gasteiger charge is 2.52. The number of nitrogens with one attached hydrogen (secondary N) is 1. The van der Waals surface area contributed by atoms with E-state index in [2.05, 4.69) is 5.32 Å². The summed E-state index contributed by atoms with van der Waals surface area (Å²) < 4.78 is 5.01. The first kappa shape index (κ1) is 16.9. The summed E-state index contributed by atoms with van der Waals surface area (Å²) in [6.07, 6.45) is 2.84. The van der Waals surface area contributed by atoms with Gasteiger partial charge < -0.3 is 10.1 Å². The molecule has 3 rings (SSSR count). The van der Waals surface area contributed by atoms with Gasteiger partial charge in [-0.1, -0.05) is 25.0 Å². The quantitative estimate of drug-likeness (QED) is 0.373. The Morgan fingerprint density at radius 3 is 2.64 bits per heavy atom. The second-order valence-corrected chi connectivity index (χ2v) is 6.16. The first-order valence-corrected chi connectivity index (χ1v) is 7.95. The topological polar surface area (TPSA) is 119 Å². The number of para-hydroxylation sites is 1. The van der Waals surface area contributed by atoms with E-state index >= 15 is 0 Å². The summed E-state index contributed by atoms with van der Waals surface area (Å²) in [4.78, 5) is 47.6. The fourth-order valence-corrected chi connectivity index (χ4v) is 3.28. The summed E-state index contributed by atoms with van der Waals surface area (Å²) >= 11 is 0. The van der Waals surface area contributed by atoms with Crippen molar-refractivity contribution in [3.05, 3.63) is 39.9 Å². The maximum absolute atomic E-state index is 12.4. The van der Waals surface area contributed by atoms with E-state index in [0.717, 1.165) is 17.7 Å². The Kier molecular flexibility index (Phi) is 4.39. The number of nitrogens with zero attached hydrogens (tertiary/aromatic N) is 2. The van der Waals surface area contributed by atoms with Crippen LogP contribution in [0.15, 0.2) is 24.3 Å². The van der Waals surface area contributed by atoms with Crippen LogP contribution in [-0.2, 0) is 20.9 Å². The largest absolute Gasteiger partial charge is 0.459 e. The number of imide groups is 1. The van der Waals surface area contributed by atoms with Crippen molar-refractivity contribution in [3.63, 3.8) is 0 Å². The van der Waals surface area contributed by atoms with Crippen LogP contribution in [0, 0.1) is 10.1 Å². The number of carbonyl (C=O) groups is 3. The number of nitro benzene ring substituents is 1. The zero-order valence-electron chi connectivity index (χ0n) is 13.4. The fourth-order valence-electron chi connectivity index (χ4n) is 3.28. The lowest BCUT2D eigenvalue weighted by molar-refractivity contribution is -0.385. The van der Waals surface area contributed by atoms with E-state index in [1.165, 1.54) is 18.2 Å². The van der Waals surface area contributed by atoms with Crippen molar-refractivity contribution >= 4 is 23.6 Å². The summed E-state index contributed by atoms with van der Waals surface area (Å²) in [5.41, 5.74) is -0.796. The smallest absolute Gasteiger partial charge is 0.326 e. The molecule has 9 nitrogen and oxygen atoms in total. The lowest BCUT2D eigenvalue weighted by Gasteiger charge is -2.19. The first-order valence-electron chi connectivity index (χ1n) is 7.95. The van der Waals surface area contributed by atoms with Gasteiger partial charge in [0.2, 0.25) is 0 Å². The number of carbonyl (C=O) groups excluding carboxylic acids is 3. The van der Waals surface area contributed by atoms with Gasteiger partial charge in [-0.15, -0.1) is 0 Å². The third-order valence-corrected chi connectivity index (χ3v) is 4.57. The zero-order chi connectivity index (χ0) is 18.0. The molecule has 0 unspecified atom stereocenters. The average molecular weight is 347 g/mol. The number of ether oxygens (including phenoxy) is 1. The molecule has 1 saturated carbocycles. The maximum Gasteiger partial charge on any atom is 0.326 e. The number of amides is 3. The Balaban J connectivity index is 1.61. The molecule has 1 aliphatic heterocycles. The van der Waals surface area contributed by atoms with Gasteiger partial charge in [0.25, 0.3) is 11.6 Å². The van der Waals surface area contributed by atoms with Crippen molar-refractivity contribution < 1.29 is 24.0 Å². The predicted octanol–water partition coefficient (Wildman–Crippen LogP) is 1.50. The van der Waals surface area contributed by atoms with Crippen molar-refractivity contribution in [2.24, 2.45) is 0 Å². The molecule has 3 amide bonds. The molecule has 132 valence electrons. The lowest BCUT2D eigenvalue weighted by Crippen LogP contribution is -2.44. The summed E-state index contributed by atoms with van der Waals surface area (Å²) in [5, 5.41) is 13.6. The van der Waals surface area contributed by atoms with Crippen molar-refractivity contribution in [1.82, 2.24) is 10.2 Å². The average Bonchev–Trinajstić information content (AvgIpc) is 3.14. The lowest BCUT2D eigenvalue weighted by atomic mass is 9.98. The molecule has 9 heteroatoms. The molecule has 0 bridgehead atoms. The van der Waals surface area contributed by atoms with Gasteiger partial charge in [-0.25, -0.2) is 4.79 Å². The zero-order valence-corrected chi connectivity index (χ0v) is 13.4. The molecule has 1 aliphatic carbocycles. The molecule has 1 aromatic rings. The summed E-state index contributed by atoms with van der Waals surface area (Å²) in [7, 11) is 0. The SMILES string of the molecule is O=C(CN1C(=O)NC2(CCCC2)C1=O)OCc1ccccc1[N+](=O)[O-]. The monoisotopic (exact) mass is 347 g/mol. The molecule has 0 atom stereocenters. The minimum absolute atomic E-state index is 0.157. The molecule has 2 aliphatic rings. The van der Waals surface area contributed by atoms with E-state index in [-0.39, 0.29) is 17.9 Å². The molecule has 25 heavy (non-hydrogen) atoms. The molecular formula is C16H17N3O6. The Bertz CT molecular complexity index is 741. The Morgan fingerprint density at radius 1 is 1.28 bits per heavy atom. The Labute approximate surface area is 143 Å². The standard InChI is InChI=1S/C16H17N3O6/c20-13(25-10-11-5-1-2-6-12(11)19(23)24)9-18-14(21)16(17-15(18)22)7-3-4-8-16/h1-2,5-6H,3-4,7-10H2,(H,17,22). The van der Waals surface area contributed by atoms with Gasteiger partial charge in [0.15, 0.2) is 0 Å². The van der Waals surface area contributed by atoms with Crippen LogP contribution in [0.5, 0.6) is 0 Å². The number of hydrogen-bond donors (Lipinski definition) is 1. The second kappa shape index (κ2) is 6.50. The van der Waals surface area contributed by atoms with Crippen molar-refractivity contribution in [2.75, 3.05) is 6.54 Å². The van der Waals surface area contributed by atoms with Crippen LogP contribution >= 0.6 is 0 Å². The molecule has 0 radical (unpaired) electrons. The number of benzene rings is 1. The maximum atomic E-state index is 12.4. The van der Waals surface area contributed by atoms with Crippen molar-refractivity contribution in [3.8, 4) is 0 Å². The second-order valence-electron chi connectivity index (χ2n) is 6.16. The van der Waals surface area contributed by atoms with Crippen LogP contribution in [0.3, 0.4) is 0 Å². The van der Waals surface area contributed by atoms with E-state index in [9.17, 15) is 24.5 Å². The van der Waals surface area contributed by atoms with Gasteiger partial charge in [0.1, 0.15) is 18.7 Å². The molecule has 1 aromatic carbocycles. The molecule has 1 saturated heterocycles. The highest BCUT2D eigenvalue weighted by molar-refractivity contribution is 6.08. The number of nitro groups is 1. The molecule has 1 N–H and O–H groups in total. The third-order valence-electron chi connectivity index (χ3n) is 4.57. The highest BCUT2D eigenvalue weighted by atomic mass is 16.6. The summed E-state index contributed by atoms with van der Waals surface area (Å²) in [5.74, 6) is -1.20. The Hall–Kier alpha value is -2.97. The van der Waals surface area contributed by atoms with E-state index in [0.29, 0.717) is 12.8 Å². The minimum atomic E-state index is -0.879. The van der Waals surface area contributed by atoms with Crippen LogP contribution in [0.2, 0.25) is 0 Å². The minimum Gasteiger partial charge on any atom is -0.459 e. The van der Waals surface area contributed by atoms with Crippen LogP contribution in [0.25, 0.3) is 0 Å². The van der Waals surface area contributed by atoms with Gasteiger partial charge in [-0.05, 0) is 18.9 Å². The number of esters is 1. The van der Waals surface area contributed by atoms with Crippen LogP contribution in [0.4, 0.5) is 10.5 Å². The van der Waals surface area contributed by atoms with Gasteiger partial charge in [0, 0.05) is 6.07 Å². The van der Waals surface area contributed by atoms with E-state index in [1.54, 1.807) is 6.07 Å². The molecular weight excluding hydrogens is 330 g/mol. The number of hydrogen-bond acceptors (Lipinski definition) is 6.